The summed E-state index contributed by atoms with van der Waals surface area (Å²) in [5, 5.41) is 0. The fraction of sp³-hybridized carbons (Fsp3) is 0.933. The van der Waals surface area contributed by atoms with Gasteiger partial charge in [-0.2, -0.15) is 0 Å². The number of hydrogen-bond donors (Lipinski definition) is 0. The fourth-order valence-corrected chi connectivity index (χ4v) is 5.11. The molecule has 0 aliphatic heterocycles. The largest absolute Gasteiger partial charge is 0.355 e. The first-order valence-corrected chi connectivity index (χ1v) is 17.1. The van der Waals surface area contributed by atoms with Crippen molar-refractivity contribution in [3.05, 3.63) is 0 Å². The highest BCUT2D eigenvalue weighted by Gasteiger charge is 2.09. The van der Waals surface area contributed by atoms with Crippen LogP contribution in [0, 0.1) is 0 Å². The maximum atomic E-state index is 11.7. The second kappa shape index (κ2) is 30.1. The van der Waals surface area contributed by atoms with E-state index in [0.29, 0.717) is 12.8 Å². The van der Waals surface area contributed by atoms with Gasteiger partial charge in [-0.1, -0.05) is 128 Å². The average Bonchev–Trinajstić information content (AvgIpc) is 2.87. The SMILES string of the molecule is O=C(CCCCCCCCCCCCCC(Cl)Cl)OOC(=O)CCCCCCCCCCCCCC(Cl)Cl. The van der Waals surface area contributed by atoms with Gasteiger partial charge in [0.2, 0.25) is 0 Å². The first-order chi connectivity index (χ1) is 18.4. The molecule has 0 aromatic heterocycles. The Balaban J connectivity index is 3.30. The molecule has 226 valence electrons. The molecule has 0 amide bonds. The minimum Gasteiger partial charge on any atom is -0.247 e. The van der Waals surface area contributed by atoms with Crippen LogP contribution < -0.4 is 0 Å². The Labute approximate surface area is 253 Å². The summed E-state index contributed by atoms with van der Waals surface area (Å²) in [7, 11) is 0. The molecule has 0 unspecified atom stereocenters. The van der Waals surface area contributed by atoms with E-state index in [1.165, 1.54) is 89.9 Å². The predicted molar refractivity (Wildman–Crippen MR) is 163 cm³/mol. The summed E-state index contributed by atoms with van der Waals surface area (Å²) in [5.41, 5.74) is 0. The molecule has 0 aliphatic rings. The lowest BCUT2D eigenvalue weighted by Gasteiger charge is -2.05. The van der Waals surface area contributed by atoms with Crippen molar-refractivity contribution in [2.75, 3.05) is 0 Å². The summed E-state index contributed by atoms with van der Waals surface area (Å²) in [6.45, 7) is 0. The Bertz CT molecular complexity index is 486. The lowest BCUT2D eigenvalue weighted by molar-refractivity contribution is -0.259. The van der Waals surface area contributed by atoms with Crippen molar-refractivity contribution in [1.29, 1.82) is 0 Å². The Morgan fingerprint density at radius 1 is 0.368 bits per heavy atom. The Morgan fingerprint density at radius 3 is 0.816 bits per heavy atom. The number of carbonyl (C=O) groups excluding carboxylic acids is 2. The number of halogens is 4. The molecule has 0 bridgehead atoms. The molecule has 0 N–H and O–H groups in total. The van der Waals surface area contributed by atoms with Gasteiger partial charge in [-0.15, -0.1) is 46.4 Å². The van der Waals surface area contributed by atoms with Crippen LogP contribution in [0.15, 0.2) is 0 Å². The van der Waals surface area contributed by atoms with E-state index in [4.69, 9.17) is 46.4 Å². The Kier molecular flexibility index (Phi) is 30.1. The molecule has 0 saturated heterocycles. The van der Waals surface area contributed by atoms with Gasteiger partial charge in [0.05, 0.1) is 12.8 Å². The molecule has 0 aromatic carbocycles. The highest BCUT2D eigenvalue weighted by molar-refractivity contribution is 6.44. The van der Waals surface area contributed by atoms with Gasteiger partial charge < -0.3 is 0 Å². The molecular weight excluding hydrogens is 566 g/mol. The zero-order valence-electron chi connectivity index (χ0n) is 23.7. The highest BCUT2D eigenvalue weighted by atomic mass is 35.5. The molecular formula is C30H54Cl4O4. The van der Waals surface area contributed by atoms with E-state index >= 15 is 0 Å². The van der Waals surface area contributed by atoms with Crippen LogP contribution in [0.1, 0.15) is 167 Å². The van der Waals surface area contributed by atoms with E-state index in [1.54, 1.807) is 0 Å². The molecule has 0 fully saturated rings. The Morgan fingerprint density at radius 2 is 0.579 bits per heavy atom. The Hall–Kier alpha value is 0.1000. The van der Waals surface area contributed by atoms with Crippen LogP contribution >= 0.6 is 46.4 Å². The van der Waals surface area contributed by atoms with Gasteiger partial charge in [-0.3, -0.25) is 0 Å². The molecule has 0 saturated carbocycles. The third-order valence-electron chi connectivity index (χ3n) is 6.83. The summed E-state index contributed by atoms with van der Waals surface area (Å²) in [6, 6.07) is 0. The second-order valence-corrected chi connectivity index (χ2v) is 13.1. The van der Waals surface area contributed by atoms with Gasteiger partial charge in [0.25, 0.3) is 0 Å². The van der Waals surface area contributed by atoms with Crippen LogP contribution in [0.4, 0.5) is 0 Å². The molecule has 38 heavy (non-hydrogen) atoms. The summed E-state index contributed by atoms with van der Waals surface area (Å²) >= 11 is 22.9. The molecule has 4 nitrogen and oxygen atoms in total. The van der Waals surface area contributed by atoms with Crippen LogP contribution in [0.5, 0.6) is 0 Å². The van der Waals surface area contributed by atoms with E-state index in [0.717, 1.165) is 64.2 Å². The minimum atomic E-state index is -0.449. The second-order valence-electron chi connectivity index (χ2n) is 10.5. The van der Waals surface area contributed by atoms with Gasteiger partial charge in [0, 0.05) is 0 Å². The first kappa shape index (κ1) is 38.1. The minimum absolute atomic E-state index is 0.217. The van der Waals surface area contributed by atoms with Crippen molar-refractivity contribution in [2.24, 2.45) is 0 Å². The van der Waals surface area contributed by atoms with E-state index < -0.39 is 11.9 Å². The predicted octanol–water partition coefficient (Wildman–Crippen LogP) is 11.7. The van der Waals surface area contributed by atoms with Crippen LogP contribution in [0.25, 0.3) is 0 Å². The van der Waals surface area contributed by atoms with E-state index in [9.17, 15) is 9.59 Å². The molecule has 0 atom stereocenters. The lowest BCUT2D eigenvalue weighted by Crippen LogP contribution is -2.11. The van der Waals surface area contributed by atoms with Crippen LogP contribution in [0.3, 0.4) is 0 Å². The maximum absolute atomic E-state index is 11.7. The monoisotopic (exact) mass is 618 g/mol. The zero-order valence-corrected chi connectivity index (χ0v) is 26.7. The van der Waals surface area contributed by atoms with Crippen molar-refractivity contribution < 1.29 is 19.4 Å². The summed E-state index contributed by atoms with van der Waals surface area (Å²) in [6.07, 6.45) is 28.0. The summed E-state index contributed by atoms with van der Waals surface area (Å²) in [5.74, 6) is -0.898. The molecule has 0 heterocycles. The number of hydrogen-bond acceptors (Lipinski definition) is 4. The van der Waals surface area contributed by atoms with Gasteiger partial charge >= 0.3 is 11.9 Å². The number of alkyl halides is 4. The van der Waals surface area contributed by atoms with E-state index in [2.05, 4.69) is 9.78 Å². The summed E-state index contributed by atoms with van der Waals surface area (Å²) in [4.78, 5) is 32.4. The standard InChI is InChI=1S/C30H54Cl4O4/c31-27(32)23-19-15-11-7-3-1-5-9-13-17-21-25-29(35)37-38-30(36)26-22-18-14-10-6-2-4-8-12-16-20-24-28(33)34/h27-28H,1-26H2. The smallest absolute Gasteiger partial charge is 0.247 e. The molecule has 8 heteroatoms. The first-order valence-electron chi connectivity index (χ1n) is 15.4. The number of rotatable bonds is 28. The third kappa shape index (κ3) is 32.3. The quantitative estimate of drug-likeness (QED) is 0.0378. The number of unbranched alkanes of at least 4 members (excludes halogenated alkanes) is 20. The highest BCUT2D eigenvalue weighted by Crippen LogP contribution is 2.17. The number of carbonyl (C=O) groups is 2. The maximum Gasteiger partial charge on any atom is 0.355 e. The normalized spacial score (nSPS) is 11.4. The zero-order chi connectivity index (χ0) is 28.1. The van der Waals surface area contributed by atoms with Crippen LogP contribution in [0.2, 0.25) is 0 Å². The van der Waals surface area contributed by atoms with Crippen molar-refractivity contribution in [3.8, 4) is 0 Å². The molecule has 0 spiro atoms. The average molecular weight is 621 g/mol. The lowest BCUT2D eigenvalue weighted by atomic mass is 10.0. The third-order valence-corrected chi connectivity index (χ3v) is 7.71. The van der Waals surface area contributed by atoms with E-state index in [1.807, 2.05) is 0 Å². The fourth-order valence-electron chi connectivity index (χ4n) is 4.49. The van der Waals surface area contributed by atoms with Gasteiger partial charge in [-0.05, 0) is 25.7 Å². The molecule has 0 aromatic rings. The van der Waals surface area contributed by atoms with Crippen molar-refractivity contribution in [2.45, 2.75) is 177 Å². The van der Waals surface area contributed by atoms with Gasteiger partial charge in [0.15, 0.2) is 0 Å². The topological polar surface area (TPSA) is 52.6 Å². The molecule has 0 aliphatic carbocycles. The molecule has 0 rings (SSSR count). The summed E-state index contributed by atoms with van der Waals surface area (Å²) < 4.78 is 0. The van der Waals surface area contributed by atoms with Gasteiger partial charge in [0.1, 0.15) is 9.67 Å². The van der Waals surface area contributed by atoms with Crippen molar-refractivity contribution in [3.63, 3.8) is 0 Å². The van der Waals surface area contributed by atoms with Gasteiger partial charge in [-0.25, -0.2) is 19.4 Å². The van der Waals surface area contributed by atoms with Crippen molar-refractivity contribution in [1.82, 2.24) is 0 Å². The van der Waals surface area contributed by atoms with E-state index in [-0.39, 0.29) is 9.67 Å². The van der Waals surface area contributed by atoms with Crippen molar-refractivity contribution >= 4 is 58.3 Å². The van der Waals surface area contributed by atoms with Crippen LogP contribution in [-0.2, 0) is 19.4 Å². The van der Waals surface area contributed by atoms with Crippen LogP contribution in [-0.4, -0.2) is 21.6 Å². The molecule has 0 radical (unpaired) electrons.